The van der Waals surface area contributed by atoms with Crippen LogP contribution in [0.15, 0.2) is 34.9 Å². The van der Waals surface area contributed by atoms with Gasteiger partial charge in [-0.1, -0.05) is 0 Å². The number of hydrogen-bond acceptors (Lipinski definition) is 5. The first-order chi connectivity index (χ1) is 12.2. The fraction of sp³-hybridized carbons (Fsp3) is 0.267. The zero-order valence-corrected chi connectivity index (χ0v) is 12.9. The van der Waals surface area contributed by atoms with Gasteiger partial charge in [0.05, 0.1) is 12.1 Å². The predicted octanol–water partition coefficient (Wildman–Crippen LogP) is 2.58. The predicted molar refractivity (Wildman–Crippen MR) is 77.5 cm³/mol. The molecule has 0 fully saturated rings. The van der Waals surface area contributed by atoms with Gasteiger partial charge in [0.2, 0.25) is 11.6 Å². The molecule has 7 nitrogen and oxygen atoms in total. The topological polar surface area (TPSA) is 102 Å². The van der Waals surface area contributed by atoms with Gasteiger partial charge >= 0.3 is 18.3 Å². The number of halogens is 4. The van der Waals surface area contributed by atoms with E-state index in [1.165, 1.54) is 18.2 Å². The molecule has 2 rings (SSSR count). The number of hydrogen-bond donors (Lipinski definition) is 2. The maximum atomic E-state index is 12.7. The average Bonchev–Trinajstić information content (AvgIpc) is 3.07. The van der Waals surface area contributed by atoms with Crippen LogP contribution in [0.25, 0.3) is 0 Å². The van der Waals surface area contributed by atoms with Crippen LogP contribution in [-0.2, 0) is 6.54 Å². The molecule has 11 heteroatoms. The maximum absolute atomic E-state index is 12.7. The van der Waals surface area contributed by atoms with Gasteiger partial charge in [-0.3, -0.25) is 4.79 Å². The third kappa shape index (κ3) is 4.94. The van der Waals surface area contributed by atoms with Gasteiger partial charge in [0, 0.05) is 12.3 Å². The van der Waals surface area contributed by atoms with Gasteiger partial charge in [-0.25, -0.2) is 18.6 Å². The SMILES string of the molecule is O=C(NCc1ccc(C(=O)O)o1)c1ccc(OCC(F)(F)C(F)F)nc1. The summed E-state index contributed by atoms with van der Waals surface area (Å²) in [5, 5.41) is 11.1. The van der Waals surface area contributed by atoms with Crippen LogP contribution in [0.1, 0.15) is 26.7 Å². The number of nitrogens with one attached hydrogen (secondary N) is 1. The zero-order chi connectivity index (χ0) is 19.3. The Bertz CT molecular complexity index is 777. The van der Waals surface area contributed by atoms with E-state index in [4.69, 9.17) is 9.52 Å². The van der Waals surface area contributed by atoms with Gasteiger partial charge in [0.1, 0.15) is 5.76 Å². The monoisotopic (exact) mass is 376 g/mol. The van der Waals surface area contributed by atoms with Crippen LogP contribution in [0.5, 0.6) is 5.88 Å². The van der Waals surface area contributed by atoms with Crippen molar-refractivity contribution in [1.82, 2.24) is 10.3 Å². The number of carbonyl (C=O) groups excluding carboxylic acids is 1. The van der Waals surface area contributed by atoms with Crippen LogP contribution in [-0.4, -0.2) is 40.9 Å². The van der Waals surface area contributed by atoms with Crippen molar-refractivity contribution in [3.05, 3.63) is 47.5 Å². The molecule has 140 valence electrons. The highest BCUT2D eigenvalue weighted by Crippen LogP contribution is 2.23. The quantitative estimate of drug-likeness (QED) is 0.687. The van der Waals surface area contributed by atoms with Crippen molar-refractivity contribution < 1.29 is 41.4 Å². The van der Waals surface area contributed by atoms with E-state index in [1.54, 1.807) is 0 Å². The number of aromatic carboxylic acids is 1. The zero-order valence-electron chi connectivity index (χ0n) is 12.9. The van der Waals surface area contributed by atoms with E-state index in [9.17, 15) is 27.2 Å². The number of ether oxygens (including phenoxy) is 1. The first kappa shape index (κ1) is 19.2. The summed E-state index contributed by atoms with van der Waals surface area (Å²) in [6.07, 6.45) is -2.86. The Labute approximate surface area is 143 Å². The molecule has 0 bridgehead atoms. The molecule has 1 amide bonds. The van der Waals surface area contributed by atoms with E-state index in [2.05, 4.69) is 15.0 Å². The van der Waals surface area contributed by atoms with Gasteiger partial charge < -0.3 is 19.6 Å². The van der Waals surface area contributed by atoms with Crippen molar-refractivity contribution in [2.75, 3.05) is 6.61 Å². The van der Waals surface area contributed by atoms with Crippen LogP contribution in [0.4, 0.5) is 17.6 Å². The van der Waals surface area contributed by atoms with Crippen LogP contribution in [0.2, 0.25) is 0 Å². The van der Waals surface area contributed by atoms with Gasteiger partial charge in [-0.05, 0) is 18.2 Å². The summed E-state index contributed by atoms with van der Waals surface area (Å²) in [4.78, 5) is 26.2. The van der Waals surface area contributed by atoms with Crippen molar-refractivity contribution in [2.24, 2.45) is 0 Å². The van der Waals surface area contributed by atoms with Gasteiger partial charge in [-0.2, -0.15) is 8.78 Å². The summed E-state index contributed by atoms with van der Waals surface area (Å²) < 4.78 is 58.9. The van der Waals surface area contributed by atoms with E-state index < -0.39 is 30.8 Å². The first-order valence-corrected chi connectivity index (χ1v) is 7.04. The smallest absolute Gasteiger partial charge is 0.371 e. The van der Waals surface area contributed by atoms with E-state index in [0.29, 0.717) is 0 Å². The fourth-order valence-electron chi connectivity index (χ4n) is 1.69. The lowest BCUT2D eigenvalue weighted by atomic mass is 10.2. The number of rotatable bonds is 8. The molecule has 0 saturated heterocycles. The third-order valence-corrected chi connectivity index (χ3v) is 3.03. The number of furan rings is 1. The minimum absolute atomic E-state index is 0.0444. The van der Waals surface area contributed by atoms with E-state index >= 15 is 0 Å². The van der Waals surface area contributed by atoms with Crippen molar-refractivity contribution in [1.29, 1.82) is 0 Å². The lowest BCUT2D eigenvalue weighted by Crippen LogP contribution is -2.33. The number of nitrogens with zero attached hydrogens (tertiary/aromatic N) is 1. The van der Waals surface area contributed by atoms with E-state index in [0.717, 1.165) is 12.3 Å². The highest BCUT2D eigenvalue weighted by molar-refractivity contribution is 5.93. The fourth-order valence-corrected chi connectivity index (χ4v) is 1.69. The molecule has 2 aromatic heterocycles. The number of alkyl halides is 4. The Morgan fingerprint density at radius 3 is 2.54 bits per heavy atom. The number of carbonyl (C=O) groups is 2. The molecule has 2 aromatic rings. The number of pyridine rings is 1. The molecule has 2 N–H and O–H groups in total. The lowest BCUT2D eigenvalue weighted by molar-refractivity contribution is -0.148. The molecular formula is C15H12F4N2O5. The van der Waals surface area contributed by atoms with Crippen LogP contribution in [0.3, 0.4) is 0 Å². The maximum Gasteiger partial charge on any atom is 0.371 e. The summed E-state index contributed by atoms with van der Waals surface area (Å²) in [5.74, 6) is -6.58. The lowest BCUT2D eigenvalue weighted by Gasteiger charge is -2.15. The Balaban J connectivity index is 1.88. The molecule has 26 heavy (non-hydrogen) atoms. The molecule has 0 saturated carbocycles. The molecule has 0 aromatic carbocycles. The van der Waals surface area contributed by atoms with E-state index in [1.807, 2.05) is 0 Å². The summed E-state index contributed by atoms with van der Waals surface area (Å²) in [7, 11) is 0. The number of amides is 1. The Morgan fingerprint density at radius 1 is 1.27 bits per heavy atom. The van der Waals surface area contributed by atoms with Crippen LogP contribution in [0, 0.1) is 0 Å². The van der Waals surface area contributed by atoms with Crippen LogP contribution < -0.4 is 10.1 Å². The minimum Gasteiger partial charge on any atom is -0.475 e. The highest BCUT2D eigenvalue weighted by Gasteiger charge is 2.41. The van der Waals surface area contributed by atoms with Crippen molar-refractivity contribution in [2.45, 2.75) is 18.9 Å². The number of aromatic nitrogens is 1. The second kappa shape index (κ2) is 7.85. The van der Waals surface area contributed by atoms with Crippen LogP contribution >= 0.6 is 0 Å². The second-order valence-corrected chi connectivity index (χ2v) is 4.99. The highest BCUT2D eigenvalue weighted by atomic mass is 19.3. The average molecular weight is 376 g/mol. The standard InChI is InChI=1S/C15H12F4N2O5/c16-14(17)15(18,19)7-25-11-4-1-8(5-20-11)12(22)21-6-9-2-3-10(26-9)13(23)24/h1-5,14H,6-7H2,(H,21,22)(H,23,24). The van der Waals surface area contributed by atoms with Gasteiger partial charge in [0.25, 0.3) is 5.91 Å². The van der Waals surface area contributed by atoms with Crippen molar-refractivity contribution in [3.8, 4) is 5.88 Å². The molecule has 0 radical (unpaired) electrons. The first-order valence-electron chi connectivity index (χ1n) is 7.04. The Morgan fingerprint density at radius 2 is 2.00 bits per heavy atom. The molecule has 0 aliphatic rings. The Kier molecular flexibility index (Phi) is 5.80. The van der Waals surface area contributed by atoms with Crippen molar-refractivity contribution in [3.63, 3.8) is 0 Å². The number of carboxylic acid groups (broad SMARTS) is 1. The largest absolute Gasteiger partial charge is 0.475 e. The minimum atomic E-state index is -4.31. The van der Waals surface area contributed by atoms with Gasteiger partial charge in [0.15, 0.2) is 6.61 Å². The summed E-state index contributed by atoms with van der Waals surface area (Å²) in [6.45, 7) is -1.64. The molecule has 0 unspecified atom stereocenters. The molecule has 0 aliphatic carbocycles. The Hall–Kier alpha value is -3.11. The molecular weight excluding hydrogens is 364 g/mol. The van der Waals surface area contributed by atoms with E-state index in [-0.39, 0.29) is 29.5 Å². The summed E-state index contributed by atoms with van der Waals surface area (Å²) in [6, 6.07) is 4.88. The molecule has 0 spiro atoms. The summed E-state index contributed by atoms with van der Waals surface area (Å²) in [5.41, 5.74) is 0.0444. The molecule has 2 heterocycles. The normalized spacial score (nSPS) is 11.4. The molecule has 0 aliphatic heterocycles. The summed E-state index contributed by atoms with van der Waals surface area (Å²) >= 11 is 0. The third-order valence-electron chi connectivity index (χ3n) is 3.03. The van der Waals surface area contributed by atoms with Crippen molar-refractivity contribution >= 4 is 11.9 Å². The molecule has 0 atom stereocenters. The second-order valence-electron chi connectivity index (χ2n) is 4.99. The number of carboxylic acids is 1. The van der Waals surface area contributed by atoms with Gasteiger partial charge in [-0.15, -0.1) is 0 Å².